The number of ether oxygens (including phenoxy) is 2. The van der Waals surface area contributed by atoms with Crippen molar-refractivity contribution >= 4 is 24.3 Å². The van der Waals surface area contributed by atoms with Crippen LogP contribution in [0.4, 0.5) is 0 Å². The van der Waals surface area contributed by atoms with E-state index in [0.717, 1.165) is 56.0 Å². The van der Waals surface area contributed by atoms with Crippen molar-refractivity contribution in [2.45, 2.75) is 39.1 Å². The first-order valence-electron chi connectivity index (χ1n) is 20.9. The molecule has 1 amide bonds. The topological polar surface area (TPSA) is 111 Å². The zero-order valence-corrected chi connectivity index (χ0v) is 36.4. The van der Waals surface area contributed by atoms with Gasteiger partial charge in [0.15, 0.2) is 0 Å². The number of rotatable bonds is 15. The van der Waals surface area contributed by atoms with Crippen molar-refractivity contribution in [2.24, 2.45) is 5.73 Å². The quantitative estimate of drug-likeness (QED) is 0.0946. The molecular formula is C56H53ClN2O5. The minimum Gasteiger partial charge on any atom is -0.489 e. The van der Waals surface area contributed by atoms with Gasteiger partial charge in [0.25, 0.3) is 0 Å². The summed E-state index contributed by atoms with van der Waals surface area (Å²) in [7, 11) is 0. The lowest BCUT2D eigenvalue weighted by Crippen LogP contribution is -2.24. The molecule has 0 heterocycles. The number of carboxylic acid groups (broad SMARTS) is 1. The van der Waals surface area contributed by atoms with Crippen LogP contribution >= 0.6 is 12.4 Å². The van der Waals surface area contributed by atoms with Gasteiger partial charge in [0.2, 0.25) is 5.91 Å². The summed E-state index contributed by atoms with van der Waals surface area (Å²) in [4.78, 5) is 22.9. The molecule has 8 aromatic carbocycles. The van der Waals surface area contributed by atoms with E-state index in [-0.39, 0.29) is 24.7 Å². The third kappa shape index (κ3) is 16.4. The van der Waals surface area contributed by atoms with Crippen molar-refractivity contribution in [1.82, 2.24) is 5.32 Å². The Labute approximate surface area is 382 Å². The number of halogens is 1. The number of amides is 1. The minimum absolute atomic E-state index is 0. The van der Waals surface area contributed by atoms with Crippen LogP contribution in [0.5, 0.6) is 11.5 Å². The molecule has 8 rings (SSSR count). The highest BCUT2D eigenvalue weighted by atomic mass is 35.5. The van der Waals surface area contributed by atoms with Crippen LogP contribution in [-0.4, -0.2) is 17.0 Å². The largest absolute Gasteiger partial charge is 0.489 e. The summed E-state index contributed by atoms with van der Waals surface area (Å²) >= 11 is 0. The number of carboxylic acids is 1. The van der Waals surface area contributed by atoms with Gasteiger partial charge in [-0.3, -0.25) is 9.59 Å². The van der Waals surface area contributed by atoms with Crippen LogP contribution in [0.15, 0.2) is 218 Å². The van der Waals surface area contributed by atoms with Gasteiger partial charge in [0.1, 0.15) is 24.7 Å². The summed E-state index contributed by atoms with van der Waals surface area (Å²) in [5, 5.41) is 11.7. The Morgan fingerprint density at radius 2 is 0.797 bits per heavy atom. The molecule has 324 valence electrons. The molecule has 0 aliphatic rings. The Hall–Kier alpha value is -7.45. The fourth-order valence-electron chi connectivity index (χ4n) is 6.50. The first-order chi connectivity index (χ1) is 30.9. The SMILES string of the molecule is Cl.NCc1cccc(OCc2ccccc2)c1.O=C(Cc1ccc(-c2ccccc2)cc1)NCc1cccc(OCc2ccccc2)c1.O=C(O)Cc1ccc(-c2ccccc2)cc1. The summed E-state index contributed by atoms with van der Waals surface area (Å²) in [5.74, 6) is 0.870. The van der Waals surface area contributed by atoms with Gasteiger partial charge in [0, 0.05) is 13.1 Å². The molecule has 0 unspecified atom stereocenters. The molecule has 0 saturated carbocycles. The lowest BCUT2D eigenvalue weighted by Gasteiger charge is -2.10. The first-order valence-corrected chi connectivity index (χ1v) is 20.9. The number of carbonyl (C=O) groups excluding carboxylic acids is 1. The molecule has 0 aromatic heterocycles. The van der Waals surface area contributed by atoms with E-state index in [9.17, 15) is 9.59 Å². The molecule has 8 heteroatoms. The van der Waals surface area contributed by atoms with Gasteiger partial charge in [0.05, 0.1) is 12.8 Å². The molecule has 0 aliphatic carbocycles. The Balaban J connectivity index is 0.000000197. The number of carbonyl (C=O) groups is 2. The van der Waals surface area contributed by atoms with Gasteiger partial charge in [-0.05, 0) is 79.9 Å². The predicted octanol–water partition coefficient (Wildman–Crippen LogP) is 11.9. The molecule has 4 N–H and O–H groups in total. The maximum Gasteiger partial charge on any atom is 0.307 e. The molecule has 0 atom stereocenters. The second-order valence-electron chi connectivity index (χ2n) is 14.7. The zero-order chi connectivity index (χ0) is 43.9. The first kappa shape index (κ1) is 47.6. The van der Waals surface area contributed by atoms with Gasteiger partial charge in [-0.2, -0.15) is 0 Å². The minimum atomic E-state index is -0.799. The molecule has 7 nitrogen and oxygen atoms in total. The lowest BCUT2D eigenvalue weighted by molar-refractivity contribution is -0.136. The molecule has 0 fully saturated rings. The maximum atomic E-state index is 12.4. The summed E-state index contributed by atoms with van der Waals surface area (Å²) < 4.78 is 11.5. The molecule has 0 saturated heterocycles. The number of nitrogens with one attached hydrogen (secondary N) is 1. The van der Waals surface area contributed by atoms with Gasteiger partial charge in [-0.25, -0.2) is 0 Å². The van der Waals surface area contributed by atoms with E-state index in [1.807, 2.05) is 194 Å². The number of aliphatic carboxylic acids is 1. The highest BCUT2D eigenvalue weighted by Gasteiger charge is 2.06. The monoisotopic (exact) mass is 868 g/mol. The van der Waals surface area contributed by atoms with E-state index < -0.39 is 5.97 Å². The molecular weight excluding hydrogens is 816 g/mol. The molecule has 0 radical (unpaired) electrons. The summed E-state index contributed by atoms with van der Waals surface area (Å²) in [6.07, 6.45) is 0.439. The van der Waals surface area contributed by atoms with Gasteiger partial charge in [-0.1, -0.05) is 194 Å². The molecule has 0 aliphatic heterocycles. The van der Waals surface area contributed by atoms with Gasteiger partial charge < -0.3 is 25.6 Å². The van der Waals surface area contributed by atoms with Gasteiger partial charge >= 0.3 is 5.97 Å². The van der Waals surface area contributed by atoms with Crippen LogP contribution in [0.25, 0.3) is 22.3 Å². The maximum absolute atomic E-state index is 12.4. The van der Waals surface area contributed by atoms with E-state index in [4.69, 9.17) is 20.3 Å². The summed E-state index contributed by atoms with van der Waals surface area (Å²) in [6, 6.07) is 71.9. The fraction of sp³-hybridized carbons (Fsp3) is 0.107. The number of nitrogens with two attached hydrogens (primary N) is 1. The van der Waals surface area contributed by atoms with Crippen LogP contribution in [0.3, 0.4) is 0 Å². The normalized spacial score (nSPS) is 10.1. The van der Waals surface area contributed by atoms with Crippen molar-refractivity contribution in [2.75, 3.05) is 0 Å². The van der Waals surface area contributed by atoms with E-state index in [1.54, 1.807) is 0 Å². The van der Waals surface area contributed by atoms with Crippen molar-refractivity contribution < 1.29 is 24.2 Å². The van der Waals surface area contributed by atoms with Crippen LogP contribution in [0, 0.1) is 0 Å². The van der Waals surface area contributed by atoms with Crippen LogP contribution in [0.2, 0.25) is 0 Å². The predicted molar refractivity (Wildman–Crippen MR) is 260 cm³/mol. The molecule has 0 spiro atoms. The van der Waals surface area contributed by atoms with Gasteiger partial charge in [-0.15, -0.1) is 12.4 Å². The number of hydrogen-bond acceptors (Lipinski definition) is 5. The smallest absolute Gasteiger partial charge is 0.307 e. The average molecular weight is 870 g/mol. The molecule has 64 heavy (non-hydrogen) atoms. The second kappa shape index (κ2) is 26.1. The molecule has 8 aromatic rings. The zero-order valence-electron chi connectivity index (χ0n) is 35.6. The van der Waals surface area contributed by atoms with E-state index in [1.165, 1.54) is 11.1 Å². The van der Waals surface area contributed by atoms with Crippen LogP contribution in [-0.2, 0) is 48.7 Å². The Kier molecular flexibility index (Phi) is 19.4. The van der Waals surface area contributed by atoms with Crippen molar-refractivity contribution in [3.8, 4) is 33.8 Å². The van der Waals surface area contributed by atoms with Crippen molar-refractivity contribution in [3.05, 3.63) is 252 Å². The summed E-state index contributed by atoms with van der Waals surface area (Å²) in [5.41, 5.74) is 16.4. The molecule has 0 bridgehead atoms. The highest BCUT2D eigenvalue weighted by Crippen LogP contribution is 2.21. The summed E-state index contributed by atoms with van der Waals surface area (Å²) in [6.45, 7) is 2.14. The highest BCUT2D eigenvalue weighted by molar-refractivity contribution is 5.85. The Morgan fingerprint density at radius 1 is 0.422 bits per heavy atom. The number of hydrogen-bond donors (Lipinski definition) is 3. The van der Waals surface area contributed by atoms with Crippen molar-refractivity contribution in [3.63, 3.8) is 0 Å². The standard InChI is InChI=1S/C28H25NO2.C14H15NO.C14H12O2.ClH/c30-28(19-22-14-16-26(17-15-22)25-11-5-2-6-12-25)29-20-24-10-7-13-27(18-24)31-21-23-8-3-1-4-9-23;15-10-13-7-4-8-14(9-13)16-11-12-5-2-1-3-6-12;15-14(16)10-11-6-8-13(9-7-11)12-4-2-1-3-5-12;/h1-18H,19-21H2,(H,29,30);1-9H,10-11,15H2;1-9H,10H2,(H,15,16);1H. The fourth-order valence-corrected chi connectivity index (χ4v) is 6.50. The van der Waals surface area contributed by atoms with E-state index >= 15 is 0 Å². The second-order valence-corrected chi connectivity index (χ2v) is 14.7. The van der Waals surface area contributed by atoms with Crippen molar-refractivity contribution in [1.29, 1.82) is 0 Å². The van der Waals surface area contributed by atoms with E-state index in [0.29, 0.717) is 32.7 Å². The number of benzene rings is 8. The average Bonchev–Trinajstić information content (AvgIpc) is 3.34. The third-order valence-electron chi connectivity index (χ3n) is 9.86. The Bertz CT molecular complexity index is 2570. The van der Waals surface area contributed by atoms with Crippen LogP contribution in [0.1, 0.15) is 33.4 Å². The van der Waals surface area contributed by atoms with E-state index in [2.05, 4.69) is 29.6 Å². The van der Waals surface area contributed by atoms with Crippen LogP contribution < -0.4 is 20.5 Å². The lowest BCUT2D eigenvalue weighted by atomic mass is 10.0. The third-order valence-corrected chi connectivity index (χ3v) is 9.86. The Morgan fingerprint density at radius 3 is 1.23 bits per heavy atom.